The molecule has 1 radical (unpaired) electrons. The lowest BCUT2D eigenvalue weighted by Crippen LogP contribution is -2.04. The smallest absolute Gasteiger partial charge is 0.227 e. The van der Waals surface area contributed by atoms with Crippen molar-refractivity contribution in [3.8, 4) is 11.5 Å². The molecule has 1 aromatic heterocycles. The van der Waals surface area contributed by atoms with Crippen LogP contribution in [0.5, 0.6) is 0 Å². The van der Waals surface area contributed by atoms with Crippen LogP contribution in [0.15, 0.2) is 46.9 Å². The van der Waals surface area contributed by atoms with Gasteiger partial charge in [-0.3, -0.25) is 0 Å². The highest BCUT2D eigenvalue weighted by Gasteiger charge is 2.17. The van der Waals surface area contributed by atoms with Crippen LogP contribution in [0.25, 0.3) is 22.6 Å². The van der Waals surface area contributed by atoms with E-state index in [1.807, 2.05) is 24.3 Å². The normalized spacial score (nSPS) is 16.4. The van der Waals surface area contributed by atoms with Crippen LogP contribution in [0.1, 0.15) is 43.6 Å². The van der Waals surface area contributed by atoms with Crippen LogP contribution in [0, 0.1) is 6.07 Å². The monoisotopic (exact) mass is 276 g/mol. The Hall–Kier alpha value is -2.09. The predicted molar refractivity (Wildman–Crippen MR) is 84.1 cm³/mol. The molecule has 1 fully saturated rings. The SMILES string of the molecule is [c]1cccc(-c2nc3cc(C4CCCCC4)ccc3o2)c1. The van der Waals surface area contributed by atoms with Crippen molar-refractivity contribution >= 4 is 11.1 Å². The van der Waals surface area contributed by atoms with Gasteiger partial charge in [-0.2, -0.15) is 0 Å². The summed E-state index contributed by atoms with van der Waals surface area (Å²) in [6, 6.07) is 17.3. The Kier molecular flexibility index (Phi) is 3.23. The second-order valence-electron chi connectivity index (χ2n) is 5.87. The van der Waals surface area contributed by atoms with E-state index in [9.17, 15) is 0 Å². The minimum absolute atomic E-state index is 0.683. The van der Waals surface area contributed by atoms with Gasteiger partial charge in [0.05, 0.1) is 0 Å². The van der Waals surface area contributed by atoms with Crippen molar-refractivity contribution in [3.05, 3.63) is 54.1 Å². The fourth-order valence-corrected chi connectivity index (χ4v) is 3.28. The molecular weight excluding hydrogens is 258 g/mol. The molecule has 2 nitrogen and oxygen atoms in total. The summed E-state index contributed by atoms with van der Waals surface area (Å²) in [5.74, 6) is 1.39. The topological polar surface area (TPSA) is 26.0 Å². The van der Waals surface area contributed by atoms with Crippen molar-refractivity contribution in [1.29, 1.82) is 0 Å². The number of nitrogens with zero attached hydrogens (tertiary/aromatic N) is 1. The second kappa shape index (κ2) is 5.36. The van der Waals surface area contributed by atoms with Gasteiger partial charge in [0.15, 0.2) is 5.58 Å². The van der Waals surface area contributed by atoms with Crippen LogP contribution in [0.4, 0.5) is 0 Å². The van der Waals surface area contributed by atoms with E-state index in [0.29, 0.717) is 11.8 Å². The summed E-state index contributed by atoms with van der Waals surface area (Å²) in [6.07, 6.45) is 6.71. The number of aromatic nitrogens is 1. The van der Waals surface area contributed by atoms with Crippen molar-refractivity contribution in [2.24, 2.45) is 0 Å². The molecule has 0 saturated heterocycles. The van der Waals surface area contributed by atoms with E-state index in [-0.39, 0.29) is 0 Å². The number of fused-ring (bicyclic) bond motifs is 1. The highest BCUT2D eigenvalue weighted by molar-refractivity contribution is 5.77. The zero-order valence-electron chi connectivity index (χ0n) is 12.0. The van der Waals surface area contributed by atoms with E-state index >= 15 is 0 Å². The predicted octanol–water partition coefficient (Wildman–Crippen LogP) is 5.34. The first-order chi connectivity index (χ1) is 10.4. The minimum Gasteiger partial charge on any atom is -0.436 e. The third-order valence-corrected chi connectivity index (χ3v) is 4.44. The van der Waals surface area contributed by atoms with E-state index in [2.05, 4.69) is 29.2 Å². The molecule has 1 aliphatic rings. The number of oxazole rings is 1. The first kappa shape index (κ1) is 12.6. The molecule has 2 heteroatoms. The fraction of sp³-hybridized carbons (Fsp3) is 0.316. The lowest BCUT2D eigenvalue weighted by molar-refractivity contribution is 0.444. The number of benzene rings is 2. The third-order valence-electron chi connectivity index (χ3n) is 4.44. The van der Waals surface area contributed by atoms with E-state index < -0.39 is 0 Å². The molecule has 1 aliphatic carbocycles. The zero-order chi connectivity index (χ0) is 14.1. The third kappa shape index (κ3) is 2.46. The van der Waals surface area contributed by atoms with Gasteiger partial charge in [0.25, 0.3) is 0 Å². The van der Waals surface area contributed by atoms with Crippen LogP contribution in [-0.2, 0) is 0 Å². The second-order valence-corrected chi connectivity index (χ2v) is 5.87. The maximum Gasteiger partial charge on any atom is 0.227 e. The van der Waals surface area contributed by atoms with Gasteiger partial charge in [0.2, 0.25) is 5.89 Å². The van der Waals surface area contributed by atoms with Gasteiger partial charge in [-0.05, 0) is 54.7 Å². The zero-order valence-corrected chi connectivity index (χ0v) is 12.0. The molecule has 4 rings (SSSR count). The largest absolute Gasteiger partial charge is 0.436 e. The Morgan fingerprint density at radius 1 is 1.10 bits per heavy atom. The Morgan fingerprint density at radius 3 is 2.81 bits per heavy atom. The quantitative estimate of drug-likeness (QED) is 0.631. The van der Waals surface area contributed by atoms with Gasteiger partial charge in [-0.25, -0.2) is 4.98 Å². The van der Waals surface area contributed by atoms with E-state index in [1.165, 1.54) is 37.7 Å². The molecule has 2 aromatic carbocycles. The lowest BCUT2D eigenvalue weighted by atomic mass is 9.84. The Labute approximate surface area is 124 Å². The first-order valence-corrected chi connectivity index (χ1v) is 7.77. The average Bonchev–Trinajstić information content (AvgIpc) is 2.99. The summed E-state index contributed by atoms with van der Waals surface area (Å²) in [5.41, 5.74) is 4.24. The maximum atomic E-state index is 5.87. The van der Waals surface area contributed by atoms with Crippen molar-refractivity contribution in [1.82, 2.24) is 4.98 Å². The maximum absolute atomic E-state index is 5.87. The molecule has 3 aromatic rings. The van der Waals surface area contributed by atoms with Crippen LogP contribution >= 0.6 is 0 Å². The molecule has 21 heavy (non-hydrogen) atoms. The van der Waals surface area contributed by atoms with Gasteiger partial charge in [0, 0.05) is 5.56 Å². The molecule has 0 N–H and O–H groups in total. The van der Waals surface area contributed by atoms with Gasteiger partial charge in [-0.15, -0.1) is 0 Å². The number of rotatable bonds is 2. The molecule has 0 atom stereocenters. The van der Waals surface area contributed by atoms with Gasteiger partial charge >= 0.3 is 0 Å². The summed E-state index contributed by atoms with van der Waals surface area (Å²) in [5, 5.41) is 0. The summed E-state index contributed by atoms with van der Waals surface area (Å²) in [4.78, 5) is 4.65. The summed E-state index contributed by atoms with van der Waals surface area (Å²) < 4.78 is 5.87. The molecule has 0 amide bonds. The Balaban J connectivity index is 1.71. The van der Waals surface area contributed by atoms with E-state index in [4.69, 9.17) is 4.42 Å². The molecule has 0 unspecified atom stereocenters. The minimum atomic E-state index is 0.683. The molecular formula is C19H18NO. The van der Waals surface area contributed by atoms with E-state index in [1.54, 1.807) is 0 Å². The number of hydrogen-bond donors (Lipinski definition) is 0. The molecule has 0 aliphatic heterocycles. The van der Waals surface area contributed by atoms with Crippen molar-refractivity contribution in [2.75, 3.05) is 0 Å². The van der Waals surface area contributed by atoms with E-state index in [0.717, 1.165) is 16.7 Å². The molecule has 1 heterocycles. The Bertz CT molecular complexity index is 739. The van der Waals surface area contributed by atoms with Crippen LogP contribution in [-0.4, -0.2) is 4.98 Å². The highest BCUT2D eigenvalue weighted by atomic mass is 16.3. The lowest BCUT2D eigenvalue weighted by Gasteiger charge is -2.21. The fourth-order valence-electron chi connectivity index (χ4n) is 3.28. The van der Waals surface area contributed by atoms with Gasteiger partial charge in [0.1, 0.15) is 5.52 Å². The highest BCUT2D eigenvalue weighted by Crippen LogP contribution is 2.34. The van der Waals surface area contributed by atoms with Gasteiger partial charge in [-0.1, -0.05) is 37.5 Å². The van der Waals surface area contributed by atoms with Crippen LogP contribution in [0.2, 0.25) is 0 Å². The van der Waals surface area contributed by atoms with Gasteiger partial charge < -0.3 is 4.42 Å². The first-order valence-electron chi connectivity index (χ1n) is 7.77. The summed E-state index contributed by atoms with van der Waals surface area (Å²) in [6.45, 7) is 0. The summed E-state index contributed by atoms with van der Waals surface area (Å²) in [7, 11) is 0. The molecule has 0 spiro atoms. The van der Waals surface area contributed by atoms with Crippen molar-refractivity contribution in [2.45, 2.75) is 38.0 Å². The average molecular weight is 276 g/mol. The summed E-state index contributed by atoms with van der Waals surface area (Å²) >= 11 is 0. The molecule has 1 saturated carbocycles. The standard InChI is InChI=1S/C19H18NO/c1-3-7-14(8-4-1)16-11-12-18-17(13-16)20-19(21-18)15-9-5-2-6-10-15/h2,5,9-14H,1,3-4,7-8H2. The van der Waals surface area contributed by atoms with Crippen LogP contribution < -0.4 is 0 Å². The molecule has 0 bridgehead atoms. The van der Waals surface area contributed by atoms with Crippen molar-refractivity contribution in [3.63, 3.8) is 0 Å². The Morgan fingerprint density at radius 2 is 2.00 bits per heavy atom. The van der Waals surface area contributed by atoms with Crippen LogP contribution in [0.3, 0.4) is 0 Å². The van der Waals surface area contributed by atoms with Crippen molar-refractivity contribution < 1.29 is 4.42 Å². The number of hydrogen-bond acceptors (Lipinski definition) is 2. The molecule has 105 valence electrons.